The fourth-order valence-corrected chi connectivity index (χ4v) is 2.26. The van der Waals surface area contributed by atoms with Crippen LogP contribution >= 0.6 is 0 Å². The second-order valence-corrected chi connectivity index (χ2v) is 4.58. The van der Waals surface area contributed by atoms with Gasteiger partial charge in [-0.25, -0.2) is 4.39 Å². The van der Waals surface area contributed by atoms with E-state index in [0.717, 1.165) is 31.7 Å². The van der Waals surface area contributed by atoms with Crippen LogP contribution in [-0.2, 0) is 6.42 Å². The highest BCUT2D eigenvalue weighted by Gasteiger charge is 2.35. The Labute approximate surface area is 89.9 Å². The van der Waals surface area contributed by atoms with Gasteiger partial charge in [-0.3, -0.25) is 0 Å². The number of hydrogen-bond donors (Lipinski definition) is 1. The van der Waals surface area contributed by atoms with Crippen LogP contribution in [0.15, 0.2) is 22.8 Å². The summed E-state index contributed by atoms with van der Waals surface area (Å²) in [7, 11) is 0. The van der Waals surface area contributed by atoms with E-state index in [9.17, 15) is 4.39 Å². The van der Waals surface area contributed by atoms with Gasteiger partial charge in [0.1, 0.15) is 11.4 Å². The molecule has 0 aromatic carbocycles. The monoisotopic (exact) mass is 211 g/mol. The Balaban J connectivity index is 1.98. The van der Waals surface area contributed by atoms with Gasteiger partial charge in [-0.1, -0.05) is 0 Å². The van der Waals surface area contributed by atoms with Gasteiger partial charge in [0.2, 0.25) is 0 Å². The summed E-state index contributed by atoms with van der Waals surface area (Å²) in [4.78, 5) is 0. The summed E-state index contributed by atoms with van der Waals surface area (Å²) in [5.41, 5.74) is -1.16. The van der Waals surface area contributed by atoms with Crippen LogP contribution in [0.5, 0.6) is 0 Å². The van der Waals surface area contributed by atoms with Crippen molar-refractivity contribution in [3.63, 3.8) is 0 Å². The summed E-state index contributed by atoms with van der Waals surface area (Å²) in [6.45, 7) is 3.49. The second kappa shape index (κ2) is 4.35. The number of furan rings is 1. The topological polar surface area (TPSA) is 25.2 Å². The van der Waals surface area contributed by atoms with Gasteiger partial charge >= 0.3 is 0 Å². The van der Waals surface area contributed by atoms with Crippen LogP contribution in [0.4, 0.5) is 4.39 Å². The van der Waals surface area contributed by atoms with Crippen molar-refractivity contribution < 1.29 is 8.81 Å². The molecule has 3 heteroatoms. The van der Waals surface area contributed by atoms with Crippen molar-refractivity contribution in [3.8, 4) is 0 Å². The molecule has 0 radical (unpaired) electrons. The fraction of sp³-hybridized carbons (Fsp3) is 0.667. The van der Waals surface area contributed by atoms with Crippen LogP contribution in [0.3, 0.4) is 0 Å². The lowest BCUT2D eigenvalue weighted by molar-refractivity contribution is 0.0777. The van der Waals surface area contributed by atoms with Crippen molar-refractivity contribution in [2.75, 3.05) is 13.1 Å². The Morgan fingerprint density at radius 3 is 3.13 bits per heavy atom. The lowest BCUT2D eigenvalue weighted by atomic mass is 9.82. The molecule has 84 valence electrons. The van der Waals surface area contributed by atoms with E-state index in [1.807, 2.05) is 12.1 Å². The molecule has 0 saturated carbocycles. The number of rotatable bonds is 3. The summed E-state index contributed by atoms with van der Waals surface area (Å²) < 4.78 is 19.6. The zero-order chi connectivity index (χ0) is 10.7. The van der Waals surface area contributed by atoms with E-state index in [0.29, 0.717) is 6.42 Å². The van der Waals surface area contributed by atoms with Gasteiger partial charge in [0, 0.05) is 18.9 Å². The Morgan fingerprint density at radius 2 is 2.53 bits per heavy atom. The summed E-state index contributed by atoms with van der Waals surface area (Å²) in [6.07, 6.45) is 4.03. The largest absolute Gasteiger partial charge is 0.469 e. The molecule has 0 aliphatic carbocycles. The quantitative estimate of drug-likeness (QED) is 0.831. The van der Waals surface area contributed by atoms with Crippen LogP contribution in [0, 0.1) is 5.92 Å². The third kappa shape index (κ3) is 2.59. The molecule has 1 N–H and O–H groups in total. The van der Waals surface area contributed by atoms with Crippen molar-refractivity contribution in [1.29, 1.82) is 0 Å². The minimum absolute atomic E-state index is 0.108. The molecule has 2 heterocycles. The maximum absolute atomic E-state index is 14.4. The predicted octanol–water partition coefficient (Wildman–Crippen LogP) is 2.55. The van der Waals surface area contributed by atoms with Gasteiger partial charge in [-0.2, -0.15) is 0 Å². The molecule has 1 aromatic rings. The average molecular weight is 211 g/mol. The Bertz CT molecular complexity index is 289. The molecule has 2 nitrogen and oxygen atoms in total. The first-order valence-corrected chi connectivity index (χ1v) is 5.60. The van der Waals surface area contributed by atoms with Crippen LogP contribution in [0.1, 0.15) is 25.5 Å². The Kier molecular flexibility index (Phi) is 3.10. The molecule has 0 spiro atoms. The van der Waals surface area contributed by atoms with E-state index < -0.39 is 5.67 Å². The summed E-state index contributed by atoms with van der Waals surface area (Å²) in [5, 5.41) is 3.25. The molecule has 15 heavy (non-hydrogen) atoms. The van der Waals surface area contributed by atoms with Crippen LogP contribution in [0.2, 0.25) is 0 Å². The highest BCUT2D eigenvalue weighted by molar-refractivity contribution is 5.04. The number of piperidine rings is 1. The number of hydrogen-bond acceptors (Lipinski definition) is 2. The Morgan fingerprint density at radius 1 is 1.67 bits per heavy atom. The normalized spacial score (nSPS) is 26.1. The van der Waals surface area contributed by atoms with E-state index >= 15 is 0 Å². The smallest absolute Gasteiger partial charge is 0.119 e. The molecular weight excluding hydrogens is 193 g/mol. The molecule has 0 amide bonds. The van der Waals surface area contributed by atoms with Crippen molar-refractivity contribution in [3.05, 3.63) is 24.2 Å². The fourth-order valence-electron chi connectivity index (χ4n) is 2.26. The summed E-state index contributed by atoms with van der Waals surface area (Å²) in [6, 6.07) is 3.65. The van der Waals surface area contributed by atoms with E-state index in [-0.39, 0.29) is 5.92 Å². The van der Waals surface area contributed by atoms with Crippen LogP contribution in [0.25, 0.3) is 0 Å². The molecule has 2 rings (SSSR count). The van der Waals surface area contributed by atoms with Gasteiger partial charge in [0.25, 0.3) is 0 Å². The molecule has 1 aliphatic heterocycles. The van der Waals surface area contributed by atoms with Crippen molar-refractivity contribution in [1.82, 2.24) is 5.32 Å². The van der Waals surface area contributed by atoms with Crippen molar-refractivity contribution >= 4 is 0 Å². The Hall–Kier alpha value is -0.830. The summed E-state index contributed by atoms with van der Waals surface area (Å²) >= 11 is 0. The van der Waals surface area contributed by atoms with Gasteiger partial charge < -0.3 is 9.73 Å². The third-order valence-electron chi connectivity index (χ3n) is 3.25. The lowest BCUT2D eigenvalue weighted by Crippen LogP contribution is -2.42. The second-order valence-electron chi connectivity index (χ2n) is 4.58. The number of alkyl halides is 1. The standard InChI is InChI=1S/C12H18FNO/c1-12(13,8-11-5-3-7-15-11)10-4-2-6-14-9-10/h3,5,7,10,14H,2,4,6,8-9H2,1H3. The molecule has 1 fully saturated rings. The number of nitrogens with one attached hydrogen (secondary N) is 1. The zero-order valence-electron chi connectivity index (χ0n) is 9.13. The molecule has 1 aliphatic rings. The van der Waals surface area contributed by atoms with Crippen LogP contribution < -0.4 is 5.32 Å². The first-order chi connectivity index (χ1) is 7.18. The van der Waals surface area contributed by atoms with Crippen LogP contribution in [-0.4, -0.2) is 18.8 Å². The first-order valence-electron chi connectivity index (χ1n) is 5.60. The van der Waals surface area contributed by atoms with Crippen molar-refractivity contribution in [2.45, 2.75) is 31.9 Å². The number of halogens is 1. The van der Waals surface area contributed by atoms with Gasteiger partial charge in [0.05, 0.1) is 6.26 Å². The highest BCUT2D eigenvalue weighted by atomic mass is 19.1. The SMILES string of the molecule is CC(F)(Cc1ccco1)C1CCCNC1. The van der Waals surface area contributed by atoms with E-state index in [1.165, 1.54) is 0 Å². The third-order valence-corrected chi connectivity index (χ3v) is 3.25. The summed E-state index contributed by atoms with van der Waals surface area (Å²) in [5.74, 6) is 0.849. The molecular formula is C12H18FNO. The van der Waals surface area contributed by atoms with Gasteiger partial charge in [-0.15, -0.1) is 0 Å². The van der Waals surface area contributed by atoms with E-state index in [4.69, 9.17) is 4.42 Å². The molecule has 1 saturated heterocycles. The zero-order valence-corrected chi connectivity index (χ0v) is 9.13. The maximum atomic E-state index is 14.4. The molecule has 1 aromatic heterocycles. The lowest BCUT2D eigenvalue weighted by Gasteiger charge is -2.33. The highest BCUT2D eigenvalue weighted by Crippen LogP contribution is 2.31. The minimum atomic E-state index is -1.16. The molecule has 2 unspecified atom stereocenters. The van der Waals surface area contributed by atoms with Gasteiger partial charge in [0.15, 0.2) is 0 Å². The first kappa shape index (κ1) is 10.7. The van der Waals surface area contributed by atoms with E-state index in [1.54, 1.807) is 13.2 Å². The van der Waals surface area contributed by atoms with E-state index in [2.05, 4.69) is 5.32 Å². The average Bonchev–Trinajstić information content (AvgIpc) is 2.71. The van der Waals surface area contributed by atoms with Gasteiger partial charge in [-0.05, 0) is 38.4 Å². The maximum Gasteiger partial charge on any atom is 0.119 e. The predicted molar refractivity (Wildman–Crippen MR) is 57.5 cm³/mol. The molecule has 0 bridgehead atoms. The molecule has 2 atom stereocenters. The minimum Gasteiger partial charge on any atom is -0.469 e. The van der Waals surface area contributed by atoms with Crippen molar-refractivity contribution in [2.24, 2.45) is 5.92 Å².